The molecule has 3 heterocycles. The molecule has 0 radical (unpaired) electrons. The normalized spacial score (nSPS) is 11.2. The lowest BCUT2D eigenvalue weighted by atomic mass is 10.1. The van der Waals surface area contributed by atoms with E-state index >= 15 is 0 Å². The predicted octanol–water partition coefficient (Wildman–Crippen LogP) is 4.80. The first-order valence-electron chi connectivity index (χ1n) is 7.84. The van der Waals surface area contributed by atoms with Crippen molar-refractivity contribution < 1.29 is 13.9 Å². The number of hydrogen-bond acceptors (Lipinski definition) is 6. The minimum atomic E-state index is -0.631. The lowest BCUT2D eigenvalue weighted by molar-refractivity contribution is 0.0636. The van der Waals surface area contributed by atoms with Gasteiger partial charge in [-0.2, -0.15) is 0 Å². The molecule has 0 spiro atoms. The van der Waals surface area contributed by atoms with Gasteiger partial charge in [-0.05, 0) is 45.0 Å². The van der Waals surface area contributed by atoms with Gasteiger partial charge in [0.05, 0.1) is 17.6 Å². The summed E-state index contributed by atoms with van der Waals surface area (Å²) in [5.74, 6) is 0.532. The summed E-state index contributed by atoms with van der Waals surface area (Å²) in [5.41, 5.74) is 1.44. The molecule has 7 nitrogen and oxygen atoms in total. The first-order chi connectivity index (χ1) is 12.3. The van der Waals surface area contributed by atoms with Gasteiger partial charge in [-0.3, -0.25) is 5.32 Å². The highest BCUT2D eigenvalue weighted by atomic mass is 35.5. The molecule has 134 valence electrons. The zero-order valence-corrected chi connectivity index (χ0v) is 15.2. The summed E-state index contributed by atoms with van der Waals surface area (Å²) >= 11 is 6.27. The third kappa shape index (κ3) is 4.18. The van der Waals surface area contributed by atoms with E-state index in [1.54, 1.807) is 57.5 Å². The summed E-state index contributed by atoms with van der Waals surface area (Å²) in [4.78, 5) is 24.6. The van der Waals surface area contributed by atoms with Crippen molar-refractivity contribution in [2.45, 2.75) is 26.4 Å². The molecule has 0 bridgehead atoms. The van der Waals surface area contributed by atoms with Crippen LogP contribution in [0.15, 0.2) is 47.5 Å². The van der Waals surface area contributed by atoms with Crippen LogP contribution in [0.3, 0.4) is 0 Å². The van der Waals surface area contributed by atoms with Crippen LogP contribution in [0.2, 0.25) is 5.15 Å². The quantitative estimate of drug-likeness (QED) is 0.664. The van der Waals surface area contributed by atoms with Gasteiger partial charge in [0.25, 0.3) is 0 Å². The fraction of sp³-hybridized carbons (Fsp3) is 0.222. The lowest BCUT2D eigenvalue weighted by Gasteiger charge is -2.20. The number of nitrogens with one attached hydrogen (secondary N) is 1. The third-order valence-electron chi connectivity index (χ3n) is 3.22. The molecular formula is C18H17ClN4O3. The van der Waals surface area contributed by atoms with Crippen molar-refractivity contribution >= 4 is 23.4 Å². The second kappa shape index (κ2) is 7.13. The molecular weight excluding hydrogens is 356 g/mol. The van der Waals surface area contributed by atoms with Crippen LogP contribution in [-0.2, 0) is 4.74 Å². The molecule has 0 fully saturated rings. The number of nitrogens with zero attached hydrogens (tertiary/aromatic N) is 3. The maximum Gasteiger partial charge on any atom is 0.412 e. The molecule has 1 N–H and O–H groups in total. The maximum atomic E-state index is 12.1. The lowest BCUT2D eigenvalue weighted by Crippen LogP contribution is -2.27. The van der Waals surface area contributed by atoms with E-state index in [0.29, 0.717) is 28.4 Å². The maximum absolute atomic E-state index is 12.1. The third-order valence-corrected chi connectivity index (χ3v) is 3.51. The molecule has 8 heteroatoms. The number of amides is 1. The standard InChI is InChI=1S/C18H17ClN4O3/c1-18(2,3)26-17(24)22-13-9-11(12-6-7-20-10-21-12)15(23-16(13)19)14-5-4-8-25-14/h4-10H,1-3H3,(H,22,24). The Hall–Kier alpha value is -2.93. The Balaban J connectivity index is 2.04. The zero-order chi connectivity index (χ0) is 18.7. The summed E-state index contributed by atoms with van der Waals surface area (Å²) in [7, 11) is 0. The summed E-state index contributed by atoms with van der Waals surface area (Å²) in [6.07, 6.45) is 3.96. The largest absolute Gasteiger partial charge is 0.463 e. The number of aromatic nitrogens is 3. The molecule has 0 unspecified atom stereocenters. The average molecular weight is 373 g/mol. The Kier molecular flexibility index (Phi) is 4.90. The van der Waals surface area contributed by atoms with Crippen molar-refractivity contribution in [3.63, 3.8) is 0 Å². The van der Waals surface area contributed by atoms with Crippen LogP contribution in [0.1, 0.15) is 20.8 Å². The van der Waals surface area contributed by atoms with E-state index in [9.17, 15) is 4.79 Å². The van der Waals surface area contributed by atoms with E-state index in [4.69, 9.17) is 20.8 Å². The van der Waals surface area contributed by atoms with Gasteiger partial charge < -0.3 is 9.15 Å². The van der Waals surface area contributed by atoms with Crippen molar-refractivity contribution in [1.82, 2.24) is 15.0 Å². The molecule has 0 atom stereocenters. The summed E-state index contributed by atoms with van der Waals surface area (Å²) in [5, 5.41) is 2.73. The monoisotopic (exact) mass is 372 g/mol. The minimum absolute atomic E-state index is 0.111. The number of pyridine rings is 1. The van der Waals surface area contributed by atoms with Gasteiger partial charge in [-0.25, -0.2) is 19.7 Å². The number of halogens is 1. The minimum Gasteiger partial charge on any atom is -0.463 e. The number of carbonyl (C=O) groups is 1. The highest BCUT2D eigenvalue weighted by molar-refractivity contribution is 6.32. The van der Waals surface area contributed by atoms with E-state index in [1.165, 1.54) is 6.33 Å². The zero-order valence-electron chi connectivity index (χ0n) is 14.5. The molecule has 0 aliphatic heterocycles. The molecule has 0 saturated heterocycles. The van der Waals surface area contributed by atoms with Crippen molar-refractivity contribution in [3.8, 4) is 22.7 Å². The number of furan rings is 1. The number of rotatable bonds is 3. The molecule has 1 amide bonds. The first-order valence-corrected chi connectivity index (χ1v) is 8.22. The Bertz CT molecular complexity index is 906. The molecule has 3 aromatic rings. The average Bonchev–Trinajstić information content (AvgIpc) is 3.10. The second-order valence-electron chi connectivity index (χ2n) is 6.42. The smallest absolute Gasteiger partial charge is 0.412 e. The van der Waals surface area contributed by atoms with Gasteiger partial charge in [0.15, 0.2) is 10.9 Å². The predicted molar refractivity (Wildman–Crippen MR) is 97.8 cm³/mol. The molecule has 0 aromatic carbocycles. The van der Waals surface area contributed by atoms with E-state index in [0.717, 1.165) is 0 Å². The van der Waals surface area contributed by atoms with Crippen LogP contribution in [0.25, 0.3) is 22.7 Å². The summed E-state index contributed by atoms with van der Waals surface area (Å²) < 4.78 is 10.7. The van der Waals surface area contributed by atoms with Gasteiger partial charge in [0.2, 0.25) is 0 Å². The van der Waals surface area contributed by atoms with E-state index < -0.39 is 11.7 Å². The fourth-order valence-electron chi connectivity index (χ4n) is 2.24. The second-order valence-corrected chi connectivity index (χ2v) is 6.78. The van der Waals surface area contributed by atoms with Crippen LogP contribution in [-0.4, -0.2) is 26.6 Å². The Morgan fingerprint density at radius 2 is 2.12 bits per heavy atom. The van der Waals surface area contributed by atoms with Crippen molar-refractivity contribution in [2.75, 3.05) is 5.32 Å². The van der Waals surface area contributed by atoms with Crippen LogP contribution in [0.4, 0.5) is 10.5 Å². The first kappa shape index (κ1) is 17.9. The van der Waals surface area contributed by atoms with Crippen LogP contribution < -0.4 is 5.32 Å². The fourth-order valence-corrected chi connectivity index (χ4v) is 2.42. The van der Waals surface area contributed by atoms with E-state index in [-0.39, 0.29) is 5.15 Å². The molecule has 26 heavy (non-hydrogen) atoms. The highest BCUT2D eigenvalue weighted by Crippen LogP contribution is 2.35. The van der Waals surface area contributed by atoms with Gasteiger partial charge in [0, 0.05) is 11.8 Å². The van der Waals surface area contributed by atoms with Gasteiger partial charge >= 0.3 is 6.09 Å². The van der Waals surface area contributed by atoms with Gasteiger partial charge in [0.1, 0.15) is 17.6 Å². The molecule has 0 saturated carbocycles. The number of anilines is 1. The number of carbonyl (C=O) groups excluding carboxylic acids is 1. The summed E-state index contributed by atoms with van der Waals surface area (Å²) in [6.45, 7) is 5.33. The van der Waals surface area contributed by atoms with Crippen LogP contribution in [0.5, 0.6) is 0 Å². The van der Waals surface area contributed by atoms with Crippen LogP contribution in [0, 0.1) is 0 Å². The van der Waals surface area contributed by atoms with Crippen molar-refractivity contribution in [3.05, 3.63) is 48.2 Å². The Morgan fingerprint density at radius 3 is 2.73 bits per heavy atom. The van der Waals surface area contributed by atoms with Gasteiger partial charge in [-0.1, -0.05) is 11.6 Å². The van der Waals surface area contributed by atoms with E-state index in [2.05, 4.69) is 20.3 Å². The van der Waals surface area contributed by atoms with Gasteiger partial charge in [-0.15, -0.1) is 0 Å². The number of hydrogen-bond donors (Lipinski definition) is 1. The number of ether oxygens (including phenoxy) is 1. The SMILES string of the molecule is CC(C)(C)OC(=O)Nc1cc(-c2ccncn2)c(-c2ccco2)nc1Cl. The molecule has 3 aromatic heterocycles. The molecule has 3 rings (SSSR count). The molecule has 0 aliphatic carbocycles. The molecule has 0 aliphatic rings. The Labute approximate surface area is 155 Å². The van der Waals surface area contributed by atoms with Crippen molar-refractivity contribution in [2.24, 2.45) is 0 Å². The topological polar surface area (TPSA) is 90.1 Å². The Morgan fingerprint density at radius 1 is 1.31 bits per heavy atom. The highest BCUT2D eigenvalue weighted by Gasteiger charge is 2.20. The van der Waals surface area contributed by atoms with E-state index in [1.807, 2.05) is 0 Å². The summed E-state index contributed by atoms with van der Waals surface area (Å²) in [6, 6.07) is 6.93. The van der Waals surface area contributed by atoms with Crippen LogP contribution >= 0.6 is 11.6 Å². The van der Waals surface area contributed by atoms with Crippen molar-refractivity contribution in [1.29, 1.82) is 0 Å².